The van der Waals surface area contributed by atoms with E-state index in [4.69, 9.17) is 14.2 Å². The van der Waals surface area contributed by atoms with Gasteiger partial charge in [-0.05, 0) is 43.2 Å². The van der Waals surface area contributed by atoms with Gasteiger partial charge in [0.05, 0.1) is 18.2 Å². The lowest BCUT2D eigenvalue weighted by Gasteiger charge is -2.08. The smallest absolute Gasteiger partial charge is 0.276 e. The molecule has 0 bridgehead atoms. The van der Waals surface area contributed by atoms with Gasteiger partial charge in [-0.25, -0.2) is 4.83 Å². The third-order valence-corrected chi connectivity index (χ3v) is 5.07. The van der Waals surface area contributed by atoms with Crippen molar-refractivity contribution < 1.29 is 22.6 Å². The molecule has 2 aromatic carbocycles. The molecule has 0 saturated carbocycles. The lowest BCUT2D eigenvalue weighted by Crippen LogP contribution is -2.19. The summed E-state index contributed by atoms with van der Waals surface area (Å²) in [6.45, 7) is 3.69. The van der Waals surface area contributed by atoms with Crippen LogP contribution in [0.5, 0.6) is 17.2 Å². The number of sulfonamides is 1. The van der Waals surface area contributed by atoms with E-state index < -0.39 is 10.0 Å². The minimum Gasteiger partial charge on any atom is -0.493 e. The molecule has 3 rings (SSSR count). The maximum Gasteiger partial charge on any atom is 0.276 e. The Morgan fingerprint density at radius 3 is 2.76 bits per heavy atom. The van der Waals surface area contributed by atoms with E-state index >= 15 is 0 Å². The molecule has 25 heavy (non-hydrogen) atoms. The minimum atomic E-state index is -3.75. The highest BCUT2D eigenvalue weighted by Crippen LogP contribution is 2.41. The Morgan fingerprint density at radius 1 is 1.20 bits per heavy atom. The van der Waals surface area contributed by atoms with Gasteiger partial charge in [-0.15, -0.1) is 0 Å². The fourth-order valence-corrected chi connectivity index (χ4v) is 3.56. The maximum atomic E-state index is 12.4. The molecule has 0 fully saturated rings. The van der Waals surface area contributed by atoms with Crippen molar-refractivity contribution in [3.8, 4) is 17.2 Å². The molecule has 0 saturated heterocycles. The van der Waals surface area contributed by atoms with E-state index in [2.05, 4.69) is 9.93 Å². The van der Waals surface area contributed by atoms with Crippen LogP contribution in [0.15, 0.2) is 40.3 Å². The van der Waals surface area contributed by atoms with Gasteiger partial charge in [0, 0.05) is 5.56 Å². The molecular formula is C17H18N2O5S. The zero-order valence-electron chi connectivity index (χ0n) is 14.1. The Morgan fingerprint density at radius 2 is 2.00 bits per heavy atom. The summed E-state index contributed by atoms with van der Waals surface area (Å²) in [6.07, 6.45) is 1.38. The molecule has 1 heterocycles. The van der Waals surface area contributed by atoms with Crippen LogP contribution in [0.4, 0.5) is 0 Å². The predicted octanol–water partition coefficient (Wildman–Crippen LogP) is 2.35. The largest absolute Gasteiger partial charge is 0.493 e. The lowest BCUT2D eigenvalue weighted by molar-refractivity contribution is 0.171. The number of hydrazone groups is 1. The monoisotopic (exact) mass is 362 g/mol. The van der Waals surface area contributed by atoms with E-state index in [1.165, 1.54) is 13.3 Å². The molecule has 2 aromatic rings. The van der Waals surface area contributed by atoms with E-state index in [0.29, 0.717) is 28.4 Å². The number of ether oxygens (including phenoxy) is 3. The highest BCUT2D eigenvalue weighted by Gasteiger charge is 2.20. The molecule has 1 aliphatic rings. The summed E-state index contributed by atoms with van der Waals surface area (Å²) < 4.78 is 40.7. The highest BCUT2D eigenvalue weighted by molar-refractivity contribution is 7.89. The highest BCUT2D eigenvalue weighted by atomic mass is 32.2. The predicted molar refractivity (Wildman–Crippen MR) is 92.9 cm³/mol. The topological polar surface area (TPSA) is 86.2 Å². The van der Waals surface area contributed by atoms with Crippen LogP contribution in [-0.4, -0.2) is 28.5 Å². The first-order valence-electron chi connectivity index (χ1n) is 7.50. The van der Waals surface area contributed by atoms with E-state index in [-0.39, 0.29) is 11.7 Å². The van der Waals surface area contributed by atoms with E-state index in [1.807, 2.05) is 13.0 Å². The summed E-state index contributed by atoms with van der Waals surface area (Å²) in [4.78, 5) is 2.43. The van der Waals surface area contributed by atoms with Crippen molar-refractivity contribution in [2.75, 3.05) is 13.9 Å². The van der Waals surface area contributed by atoms with Crippen molar-refractivity contribution >= 4 is 16.2 Å². The van der Waals surface area contributed by atoms with E-state index in [1.54, 1.807) is 31.2 Å². The normalized spacial score (nSPS) is 13.2. The first-order chi connectivity index (χ1) is 11.9. The van der Waals surface area contributed by atoms with Gasteiger partial charge in [0.1, 0.15) is 0 Å². The average molecular weight is 362 g/mol. The Bertz CT molecular complexity index is 938. The van der Waals surface area contributed by atoms with Crippen LogP contribution < -0.4 is 19.0 Å². The second kappa shape index (κ2) is 6.64. The summed E-state index contributed by atoms with van der Waals surface area (Å²) in [5, 5.41) is 3.85. The molecule has 0 amide bonds. The van der Waals surface area contributed by atoms with Crippen molar-refractivity contribution in [2.24, 2.45) is 5.10 Å². The van der Waals surface area contributed by atoms with Crippen LogP contribution in [0, 0.1) is 13.8 Å². The van der Waals surface area contributed by atoms with Crippen LogP contribution >= 0.6 is 0 Å². The molecule has 0 unspecified atom stereocenters. The molecular weight excluding hydrogens is 344 g/mol. The van der Waals surface area contributed by atoms with Crippen molar-refractivity contribution in [3.05, 3.63) is 47.0 Å². The Labute approximate surface area is 146 Å². The summed E-state index contributed by atoms with van der Waals surface area (Å²) >= 11 is 0. The number of methoxy groups -OCH3 is 1. The quantitative estimate of drug-likeness (QED) is 0.652. The van der Waals surface area contributed by atoms with Gasteiger partial charge in [0.2, 0.25) is 12.5 Å². The minimum absolute atomic E-state index is 0.117. The number of hydrogen-bond acceptors (Lipinski definition) is 6. The average Bonchev–Trinajstić information content (AvgIpc) is 3.04. The molecule has 0 aliphatic carbocycles. The van der Waals surface area contributed by atoms with Gasteiger partial charge < -0.3 is 14.2 Å². The van der Waals surface area contributed by atoms with Crippen LogP contribution in [0.3, 0.4) is 0 Å². The standard InChI is InChI=1S/C17H18N2O5S/c1-11-4-5-12(2)16(6-11)25(20,21)19-18-9-13-7-14(22-3)17-15(8-13)23-10-24-17/h4-9,19H,10H2,1-3H3/b18-9-. The molecule has 1 aliphatic heterocycles. The van der Waals surface area contributed by atoms with Crippen molar-refractivity contribution in [3.63, 3.8) is 0 Å². The van der Waals surface area contributed by atoms with Gasteiger partial charge in [-0.2, -0.15) is 13.5 Å². The number of hydrogen-bond donors (Lipinski definition) is 1. The summed E-state index contributed by atoms with van der Waals surface area (Å²) in [7, 11) is -2.23. The van der Waals surface area contributed by atoms with Gasteiger partial charge in [-0.3, -0.25) is 0 Å². The molecule has 0 spiro atoms. The zero-order valence-corrected chi connectivity index (χ0v) is 14.9. The number of fused-ring (bicyclic) bond motifs is 1. The summed E-state index contributed by atoms with van der Waals surface area (Å²) in [5.74, 6) is 1.54. The summed E-state index contributed by atoms with van der Waals surface area (Å²) in [6, 6.07) is 8.60. The molecule has 0 radical (unpaired) electrons. The molecule has 0 aromatic heterocycles. The first-order valence-corrected chi connectivity index (χ1v) is 8.99. The number of aryl methyl sites for hydroxylation is 2. The fourth-order valence-electron chi connectivity index (χ4n) is 2.44. The van der Waals surface area contributed by atoms with Crippen LogP contribution in [0.2, 0.25) is 0 Å². The Balaban J connectivity index is 1.82. The molecule has 8 heteroatoms. The fraction of sp³-hybridized carbons (Fsp3) is 0.235. The second-order valence-electron chi connectivity index (χ2n) is 5.58. The van der Waals surface area contributed by atoms with Gasteiger partial charge in [0.25, 0.3) is 10.0 Å². The number of nitrogens with one attached hydrogen (secondary N) is 1. The zero-order chi connectivity index (χ0) is 18.0. The van der Waals surface area contributed by atoms with Crippen molar-refractivity contribution in [2.45, 2.75) is 18.7 Å². The van der Waals surface area contributed by atoms with Crippen LogP contribution in [0.1, 0.15) is 16.7 Å². The first kappa shape index (κ1) is 17.1. The molecule has 132 valence electrons. The Hall–Kier alpha value is -2.74. The van der Waals surface area contributed by atoms with Crippen LogP contribution in [0.25, 0.3) is 0 Å². The molecule has 1 N–H and O–H groups in total. The summed E-state index contributed by atoms with van der Waals surface area (Å²) in [5.41, 5.74) is 2.12. The number of benzene rings is 2. The van der Waals surface area contributed by atoms with Gasteiger partial charge in [-0.1, -0.05) is 12.1 Å². The number of nitrogens with zero attached hydrogens (tertiary/aromatic N) is 1. The number of rotatable bonds is 5. The second-order valence-corrected chi connectivity index (χ2v) is 7.21. The van der Waals surface area contributed by atoms with Crippen LogP contribution in [-0.2, 0) is 10.0 Å². The SMILES string of the molecule is COc1cc(/C=N\NS(=O)(=O)c2cc(C)ccc2C)cc2c1OCO2. The van der Waals surface area contributed by atoms with Crippen molar-refractivity contribution in [1.29, 1.82) is 0 Å². The van der Waals surface area contributed by atoms with E-state index in [9.17, 15) is 8.42 Å². The Kier molecular flexibility index (Phi) is 4.54. The molecule has 0 atom stereocenters. The van der Waals surface area contributed by atoms with E-state index in [0.717, 1.165) is 5.56 Å². The third-order valence-electron chi connectivity index (χ3n) is 3.70. The van der Waals surface area contributed by atoms with Gasteiger partial charge >= 0.3 is 0 Å². The van der Waals surface area contributed by atoms with Crippen molar-refractivity contribution in [1.82, 2.24) is 4.83 Å². The lowest BCUT2D eigenvalue weighted by atomic mass is 10.2. The van der Waals surface area contributed by atoms with Gasteiger partial charge in [0.15, 0.2) is 11.5 Å². The molecule has 7 nitrogen and oxygen atoms in total. The maximum absolute atomic E-state index is 12.4. The third kappa shape index (κ3) is 3.53.